The first-order valence-electron chi connectivity index (χ1n) is 9.65. The van der Waals surface area contributed by atoms with Crippen molar-refractivity contribution in [1.29, 1.82) is 0 Å². The van der Waals surface area contributed by atoms with Crippen LogP contribution in [0.3, 0.4) is 0 Å². The van der Waals surface area contributed by atoms with E-state index in [0.717, 1.165) is 41.9 Å². The molecular formula is C23H23ClN2O2. The minimum Gasteiger partial charge on any atom is -0.494 e. The Morgan fingerprint density at radius 3 is 2.68 bits per heavy atom. The number of benzene rings is 2. The van der Waals surface area contributed by atoms with Gasteiger partial charge >= 0.3 is 0 Å². The van der Waals surface area contributed by atoms with Gasteiger partial charge in [-0.15, -0.1) is 0 Å². The molecule has 0 radical (unpaired) electrons. The average Bonchev–Trinajstić information content (AvgIpc) is 3.07. The molecule has 4 nitrogen and oxygen atoms in total. The van der Waals surface area contributed by atoms with Crippen LogP contribution in [0.15, 0.2) is 48.5 Å². The lowest BCUT2D eigenvalue weighted by Crippen LogP contribution is -2.19. The zero-order chi connectivity index (χ0) is 19.7. The van der Waals surface area contributed by atoms with E-state index in [2.05, 4.69) is 19.1 Å². The van der Waals surface area contributed by atoms with E-state index < -0.39 is 0 Å². The van der Waals surface area contributed by atoms with E-state index in [9.17, 15) is 4.79 Å². The van der Waals surface area contributed by atoms with Crippen molar-refractivity contribution in [3.05, 3.63) is 76.1 Å². The van der Waals surface area contributed by atoms with Crippen molar-refractivity contribution >= 4 is 17.4 Å². The third-order valence-electron chi connectivity index (χ3n) is 5.33. The first kappa shape index (κ1) is 18.8. The first-order valence-corrected chi connectivity index (χ1v) is 10.0. The van der Waals surface area contributed by atoms with Gasteiger partial charge in [-0.3, -0.25) is 4.79 Å². The Morgan fingerprint density at radius 1 is 1.18 bits per heavy atom. The number of carbonyl (C=O) groups is 1. The van der Waals surface area contributed by atoms with Crippen molar-refractivity contribution in [2.45, 2.75) is 38.5 Å². The maximum Gasteiger partial charge on any atom is 0.167 e. The Hall–Kier alpha value is -2.59. The molecule has 4 rings (SSSR count). The van der Waals surface area contributed by atoms with Crippen molar-refractivity contribution in [2.75, 3.05) is 7.11 Å². The van der Waals surface area contributed by atoms with Gasteiger partial charge in [-0.1, -0.05) is 55.3 Å². The molecule has 1 heterocycles. The van der Waals surface area contributed by atoms with Crippen LogP contribution in [-0.2, 0) is 12.8 Å². The van der Waals surface area contributed by atoms with Gasteiger partial charge in [0.15, 0.2) is 5.78 Å². The summed E-state index contributed by atoms with van der Waals surface area (Å²) < 4.78 is 7.40. The topological polar surface area (TPSA) is 44.1 Å². The first-order chi connectivity index (χ1) is 13.6. The maximum atomic E-state index is 13.1. The zero-order valence-electron chi connectivity index (χ0n) is 16.1. The summed E-state index contributed by atoms with van der Waals surface area (Å²) in [6.45, 7) is 2.11. The normalized spacial score (nSPS) is 16.1. The minimum absolute atomic E-state index is 0.167. The highest BCUT2D eigenvalue weighted by atomic mass is 35.5. The fraction of sp³-hybridized carbons (Fsp3) is 0.304. The number of aromatic nitrogens is 2. The number of ether oxygens (including phenoxy) is 1. The molecule has 1 aliphatic rings. The van der Waals surface area contributed by atoms with Gasteiger partial charge in [0.25, 0.3) is 0 Å². The Kier molecular flexibility index (Phi) is 5.23. The van der Waals surface area contributed by atoms with Crippen molar-refractivity contribution in [3.8, 4) is 11.4 Å². The van der Waals surface area contributed by atoms with Crippen molar-refractivity contribution in [3.63, 3.8) is 0 Å². The molecule has 1 atom stereocenters. The molecule has 2 aromatic carbocycles. The van der Waals surface area contributed by atoms with Crippen LogP contribution in [0, 0.1) is 0 Å². The van der Waals surface area contributed by atoms with Gasteiger partial charge in [0.1, 0.15) is 11.4 Å². The standard InChI is InChI=1S/C23H23ClN2O2/c1-3-7-19-23-18(12-16(13-21(23)27)15-8-5-4-6-9-15)25-26(19)20-14-17(24)10-11-22(20)28-2/h4-6,8-11,14,16H,3,7,12-13H2,1-2H3/t16-/m0/s1. The van der Waals surface area contributed by atoms with Crippen molar-refractivity contribution in [2.24, 2.45) is 0 Å². The summed E-state index contributed by atoms with van der Waals surface area (Å²) in [5.41, 5.74) is 4.58. The lowest BCUT2D eigenvalue weighted by molar-refractivity contribution is 0.0963. The molecule has 0 bridgehead atoms. The van der Waals surface area contributed by atoms with Crippen LogP contribution in [0.5, 0.6) is 5.75 Å². The smallest absolute Gasteiger partial charge is 0.167 e. The Balaban J connectivity index is 1.83. The number of ketones is 1. The highest BCUT2D eigenvalue weighted by Gasteiger charge is 2.33. The van der Waals surface area contributed by atoms with Crippen LogP contribution in [0.1, 0.15) is 53.0 Å². The lowest BCUT2D eigenvalue weighted by atomic mass is 9.81. The second-order valence-electron chi connectivity index (χ2n) is 7.19. The lowest BCUT2D eigenvalue weighted by Gasteiger charge is -2.21. The van der Waals surface area contributed by atoms with E-state index in [-0.39, 0.29) is 11.7 Å². The summed E-state index contributed by atoms with van der Waals surface area (Å²) in [6, 6.07) is 15.7. The van der Waals surface area contributed by atoms with Gasteiger partial charge in [0.05, 0.1) is 24.1 Å². The fourth-order valence-electron chi connectivity index (χ4n) is 4.06. The van der Waals surface area contributed by atoms with Gasteiger partial charge < -0.3 is 4.74 Å². The van der Waals surface area contributed by atoms with Gasteiger partial charge in [-0.05, 0) is 42.5 Å². The van der Waals surface area contributed by atoms with Crippen LogP contribution in [0.2, 0.25) is 5.02 Å². The Labute approximate surface area is 170 Å². The van der Waals surface area contributed by atoms with Gasteiger partial charge in [0, 0.05) is 11.4 Å². The molecule has 0 saturated carbocycles. The molecule has 1 aromatic heterocycles. The van der Waals surface area contributed by atoms with Gasteiger partial charge in [-0.25, -0.2) is 4.68 Å². The number of methoxy groups -OCH3 is 1. The summed E-state index contributed by atoms with van der Waals surface area (Å²) in [7, 11) is 1.63. The van der Waals surface area contributed by atoms with E-state index in [1.807, 2.05) is 35.0 Å². The second kappa shape index (κ2) is 7.80. The molecule has 0 spiro atoms. The van der Waals surface area contributed by atoms with Crippen LogP contribution < -0.4 is 4.74 Å². The van der Waals surface area contributed by atoms with E-state index in [0.29, 0.717) is 17.2 Å². The third-order valence-corrected chi connectivity index (χ3v) is 5.57. The molecule has 0 amide bonds. The quantitative estimate of drug-likeness (QED) is 0.582. The van der Waals surface area contributed by atoms with E-state index in [4.69, 9.17) is 21.4 Å². The summed E-state index contributed by atoms with van der Waals surface area (Å²) in [5, 5.41) is 5.48. The van der Waals surface area contributed by atoms with Crippen molar-refractivity contribution < 1.29 is 9.53 Å². The maximum absolute atomic E-state index is 13.1. The summed E-state index contributed by atoms with van der Waals surface area (Å²) in [5.74, 6) is 1.03. The van der Waals surface area contributed by atoms with E-state index in [1.165, 1.54) is 5.56 Å². The highest BCUT2D eigenvalue weighted by Crippen LogP contribution is 2.36. The number of nitrogens with zero attached hydrogens (tertiary/aromatic N) is 2. The highest BCUT2D eigenvalue weighted by molar-refractivity contribution is 6.30. The average molecular weight is 395 g/mol. The minimum atomic E-state index is 0.167. The molecule has 1 aliphatic carbocycles. The Morgan fingerprint density at radius 2 is 1.96 bits per heavy atom. The summed E-state index contributed by atoms with van der Waals surface area (Å²) in [4.78, 5) is 13.1. The number of carbonyl (C=O) groups excluding carboxylic acids is 1. The summed E-state index contributed by atoms with van der Waals surface area (Å²) in [6.07, 6.45) is 2.99. The predicted molar refractivity (Wildman–Crippen MR) is 111 cm³/mol. The van der Waals surface area contributed by atoms with Gasteiger partial charge in [-0.2, -0.15) is 5.10 Å². The van der Waals surface area contributed by atoms with Crippen LogP contribution in [0.4, 0.5) is 0 Å². The molecule has 3 aromatic rings. The molecule has 0 saturated heterocycles. The monoisotopic (exact) mass is 394 g/mol. The number of halogens is 1. The molecular weight excluding hydrogens is 372 g/mol. The molecule has 0 aliphatic heterocycles. The van der Waals surface area contributed by atoms with E-state index in [1.54, 1.807) is 13.2 Å². The molecule has 0 N–H and O–H groups in total. The molecule has 0 fully saturated rings. The number of hydrogen-bond donors (Lipinski definition) is 0. The van der Waals surface area contributed by atoms with E-state index >= 15 is 0 Å². The Bertz CT molecular complexity index is 1010. The fourth-order valence-corrected chi connectivity index (χ4v) is 4.22. The van der Waals surface area contributed by atoms with Crippen LogP contribution in [0.25, 0.3) is 5.69 Å². The number of fused-ring (bicyclic) bond motifs is 1. The summed E-state index contributed by atoms with van der Waals surface area (Å²) >= 11 is 6.25. The predicted octanol–water partition coefficient (Wildman–Crippen LogP) is 5.40. The molecule has 0 unspecified atom stereocenters. The second-order valence-corrected chi connectivity index (χ2v) is 7.62. The number of rotatable bonds is 5. The SMILES string of the molecule is CCCc1c2c(nn1-c1cc(Cl)ccc1OC)C[C@H](c1ccccc1)CC2=O. The third kappa shape index (κ3) is 3.33. The molecule has 5 heteroatoms. The van der Waals surface area contributed by atoms with Crippen LogP contribution in [-0.4, -0.2) is 22.7 Å². The van der Waals surface area contributed by atoms with Gasteiger partial charge in [0.2, 0.25) is 0 Å². The van der Waals surface area contributed by atoms with Crippen molar-refractivity contribution in [1.82, 2.24) is 9.78 Å². The number of hydrogen-bond acceptors (Lipinski definition) is 3. The largest absolute Gasteiger partial charge is 0.494 e. The molecule has 144 valence electrons. The zero-order valence-corrected chi connectivity index (χ0v) is 16.9. The molecule has 28 heavy (non-hydrogen) atoms. The number of Topliss-reactive ketones (excluding diaryl/α,β-unsaturated/α-hetero) is 1. The van der Waals surface area contributed by atoms with Crippen LogP contribution >= 0.6 is 11.6 Å².